The summed E-state index contributed by atoms with van der Waals surface area (Å²) in [7, 11) is 0. The summed E-state index contributed by atoms with van der Waals surface area (Å²) in [5, 5.41) is 28.4. The standard InChI is InChI=1S/C12H11N3O2/c1-2-3-12-9(4-5-13)6-11(15(16)17)7-10(12)8-14/h6-7H,2-4H2,1H3. The van der Waals surface area contributed by atoms with Gasteiger partial charge in [-0.3, -0.25) is 10.1 Å². The van der Waals surface area contributed by atoms with Crippen LogP contribution in [-0.2, 0) is 12.8 Å². The molecule has 0 heterocycles. The fourth-order valence-electron chi connectivity index (χ4n) is 1.71. The van der Waals surface area contributed by atoms with Gasteiger partial charge in [-0.15, -0.1) is 0 Å². The van der Waals surface area contributed by atoms with Gasteiger partial charge in [0, 0.05) is 12.1 Å². The van der Waals surface area contributed by atoms with E-state index < -0.39 is 4.92 Å². The van der Waals surface area contributed by atoms with Crippen molar-refractivity contribution in [3.8, 4) is 12.1 Å². The van der Waals surface area contributed by atoms with E-state index in [0.29, 0.717) is 17.5 Å². The number of hydrogen-bond acceptors (Lipinski definition) is 4. The first-order valence-corrected chi connectivity index (χ1v) is 5.21. The fourth-order valence-corrected chi connectivity index (χ4v) is 1.71. The molecule has 0 saturated heterocycles. The van der Waals surface area contributed by atoms with Crippen molar-refractivity contribution in [2.24, 2.45) is 0 Å². The Bertz CT molecular complexity index is 524. The molecule has 1 aromatic rings. The Hall–Kier alpha value is -2.40. The van der Waals surface area contributed by atoms with E-state index in [1.165, 1.54) is 12.1 Å². The zero-order valence-corrected chi connectivity index (χ0v) is 9.43. The first-order valence-electron chi connectivity index (χ1n) is 5.21. The number of benzene rings is 1. The lowest BCUT2D eigenvalue weighted by Gasteiger charge is -2.07. The molecular formula is C12H11N3O2. The van der Waals surface area contributed by atoms with Gasteiger partial charge in [-0.25, -0.2) is 0 Å². The van der Waals surface area contributed by atoms with E-state index in [9.17, 15) is 10.1 Å². The zero-order valence-electron chi connectivity index (χ0n) is 9.43. The molecule has 0 aliphatic rings. The quantitative estimate of drug-likeness (QED) is 0.585. The third-order valence-corrected chi connectivity index (χ3v) is 2.43. The zero-order chi connectivity index (χ0) is 12.8. The average Bonchev–Trinajstić information content (AvgIpc) is 2.31. The van der Waals surface area contributed by atoms with Gasteiger partial charge in [0.15, 0.2) is 0 Å². The van der Waals surface area contributed by atoms with Crippen LogP contribution in [0.3, 0.4) is 0 Å². The molecule has 0 N–H and O–H groups in total. The molecular weight excluding hydrogens is 218 g/mol. The minimum atomic E-state index is -0.544. The summed E-state index contributed by atoms with van der Waals surface area (Å²) in [5.41, 5.74) is 1.50. The highest BCUT2D eigenvalue weighted by molar-refractivity contribution is 5.51. The van der Waals surface area contributed by atoms with E-state index in [2.05, 4.69) is 0 Å². The molecule has 17 heavy (non-hydrogen) atoms. The highest BCUT2D eigenvalue weighted by atomic mass is 16.6. The van der Waals surface area contributed by atoms with Crippen molar-refractivity contribution in [3.63, 3.8) is 0 Å². The van der Waals surface area contributed by atoms with Crippen LogP contribution in [0, 0.1) is 32.8 Å². The maximum absolute atomic E-state index is 10.7. The second-order valence-corrected chi connectivity index (χ2v) is 3.58. The predicted molar refractivity (Wildman–Crippen MR) is 61.1 cm³/mol. The van der Waals surface area contributed by atoms with Gasteiger partial charge >= 0.3 is 0 Å². The van der Waals surface area contributed by atoms with Crippen LogP contribution in [0.15, 0.2) is 12.1 Å². The minimum Gasteiger partial charge on any atom is -0.258 e. The molecule has 1 rings (SSSR count). The highest BCUT2D eigenvalue weighted by Crippen LogP contribution is 2.24. The second-order valence-electron chi connectivity index (χ2n) is 3.58. The predicted octanol–water partition coefficient (Wildman–Crippen LogP) is 2.49. The van der Waals surface area contributed by atoms with Crippen LogP contribution in [-0.4, -0.2) is 4.92 Å². The molecule has 0 amide bonds. The topological polar surface area (TPSA) is 90.7 Å². The van der Waals surface area contributed by atoms with Crippen LogP contribution < -0.4 is 0 Å². The summed E-state index contributed by atoms with van der Waals surface area (Å²) in [6.45, 7) is 1.96. The van der Waals surface area contributed by atoms with Crippen LogP contribution in [0.2, 0.25) is 0 Å². The minimum absolute atomic E-state index is 0.0890. The molecule has 0 atom stereocenters. The van der Waals surface area contributed by atoms with E-state index in [-0.39, 0.29) is 12.1 Å². The fraction of sp³-hybridized carbons (Fsp3) is 0.333. The van der Waals surface area contributed by atoms with E-state index in [0.717, 1.165) is 12.0 Å². The summed E-state index contributed by atoms with van der Waals surface area (Å²) >= 11 is 0. The molecule has 0 aliphatic heterocycles. The molecule has 0 aliphatic carbocycles. The lowest BCUT2D eigenvalue weighted by molar-refractivity contribution is -0.384. The van der Waals surface area contributed by atoms with Crippen LogP contribution in [0.1, 0.15) is 30.0 Å². The van der Waals surface area contributed by atoms with Gasteiger partial charge in [0.1, 0.15) is 0 Å². The summed E-state index contributed by atoms with van der Waals surface area (Å²) in [6, 6.07) is 6.58. The number of nitriles is 2. The lowest BCUT2D eigenvalue weighted by atomic mass is 9.95. The van der Waals surface area contributed by atoms with Crippen molar-refractivity contribution < 1.29 is 4.92 Å². The van der Waals surface area contributed by atoms with Crippen LogP contribution >= 0.6 is 0 Å². The third kappa shape index (κ3) is 2.79. The molecule has 1 aromatic carbocycles. The normalized spacial score (nSPS) is 9.35. The van der Waals surface area contributed by atoms with Crippen LogP contribution in [0.25, 0.3) is 0 Å². The first-order chi connectivity index (χ1) is 8.13. The number of nitro groups is 1. The maximum Gasteiger partial charge on any atom is 0.271 e. The molecule has 0 aromatic heterocycles. The van der Waals surface area contributed by atoms with Gasteiger partial charge < -0.3 is 0 Å². The summed E-state index contributed by atoms with van der Waals surface area (Å²) in [5.74, 6) is 0. The van der Waals surface area contributed by atoms with E-state index >= 15 is 0 Å². The van der Waals surface area contributed by atoms with Crippen molar-refractivity contribution in [2.45, 2.75) is 26.2 Å². The monoisotopic (exact) mass is 229 g/mol. The SMILES string of the molecule is CCCc1c(C#N)cc([N+](=O)[O-])cc1CC#N. The molecule has 0 spiro atoms. The Balaban J connectivity index is 3.42. The molecule has 0 fully saturated rings. The van der Waals surface area contributed by atoms with Gasteiger partial charge in [-0.2, -0.15) is 10.5 Å². The van der Waals surface area contributed by atoms with Crippen molar-refractivity contribution in [1.29, 1.82) is 10.5 Å². The lowest BCUT2D eigenvalue weighted by Crippen LogP contribution is -2.00. The second kappa shape index (κ2) is 5.62. The Morgan fingerprint density at radius 3 is 2.59 bits per heavy atom. The van der Waals surface area contributed by atoms with Crippen molar-refractivity contribution in [3.05, 3.63) is 38.9 Å². The summed E-state index contributed by atoms with van der Waals surface area (Å²) in [6.07, 6.45) is 1.56. The summed E-state index contributed by atoms with van der Waals surface area (Å²) < 4.78 is 0. The number of hydrogen-bond donors (Lipinski definition) is 0. The van der Waals surface area contributed by atoms with Gasteiger partial charge in [0.05, 0.1) is 29.0 Å². The molecule has 0 saturated carbocycles. The Kier molecular flexibility index (Phi) is 4.19. The molecule has 0 unspecified atom stereocenters. The molecule has 0 radical (unpaired) electrons. The molecule has 5 heteroatoms. The van der Waals surface area contributed by atoms with Crippen molar-refractivity contribution in [2.75, 3.05) is 0 Å². The Labute approximate surface area is 99.1 Å². The highest BCUT2D eigenvalue weighted by Gasteiger charge is 2.15. The Morgan fingerprint density at radius 1 is 1.41 bits per heavy atom. The van der Waals surface area contributed by atoms with Crippen molar-refractivity contribution in [1.82, 2.24) is 0 Å². The smallest absolute Gasteiger partial charge is 0.258 e. The molecule has 5 nitrogen and oxygen atoms in total. The summed E-state index contributed by atoms with van der Waals surface area (Å²) in [4.78, 5) is 10.2. The number of non-ortho nitro benzene ring substituents is 1. The third-order valence-electron chi connectivity index (χ3n) is 2.43. The van der Waals surface area contributed by atoms with Gasteiger partial charge in [-0.1, -0.05) is 13.3 Å². The van der Waals surface area contributed by atoms with Gasteiger partial charge in [0.2, 0.25) is 0 Å². The van der Waals surface area contributed by atoms with E-state index in [1.807, 2.05) is 19.1 Å². The van der Waals surface area contributed by atoms with E-state index in [4.69, 9.17) is 10.5 Å². The average molecular weight is 229 g/mol. The Morgan fingerprint density at radius 2 is 2.12 bits per heavy atom. The molecule has 0 bridgehead atoms. The maximum atomic E-state index is 10.7. The van der Waals surface area contributed by atoms with Crippen LogP contribution in [0.4, 0.5) is 5.69 Å². The first kappa shape index (κ1) is 12.7. The number of nitro benzene ring substituents is 1. The number of nitrogens with zero attached hydrogens (tertiary/aromatic N) is 3. The van der Waals surface area contributed by atoms with Gasteiger partial charge in [-0.05, 0) is 17.5 Å². The number of rotatable bonds is 4. The van der Waals surface area contributed by atoms with Crippen molar-refractivity contribution >= 4 is 5.69 Å². The largest absolute Gasteiger partial charge is 0.271 e. The van der Waals surface area contributed by atoms with Crippen LogP contribution in [0.5, 0.6) is 0 Å². The van der Waals surface area contributed by atoms with E-state index in [1.54, 1.807) is 0 Å². The van der Waals surface area contributed by atoms with Gasteiger partial charge in [0.25, 0.3) is 5.69 Å². The molecule has 86 valence electrons.